The Morgan fingerprint density at radius 1 is 0.857 bits per heavy atom. The Hall–Kier alpha value is -3.27. The Morgan fingerprint density at radius 2 is 1.46 bits per heavy atom. The lowest BCUT2D eigenvalue weighted by atomic mass is 9.74. The van der Waals surface area contributed by atoms with Crippen molar-refractivity contribution in [2.24, 2.45) is 5.92 Å². The number of methoxy groups -OCH3 is 2. The van der Waals surface area contributed by atoms with Crippen LogP contribution in [-0.2, 0) is 0 Å². The van der Waals surface area contributed by atoms with Crippen LogP contribution in [0.3, 0.4) is 0 Å². The van der Waals surface area contributed by atoms with Crippen LogP contribution in [0.5, 0.6) is 11.5 Å². The zero-order valence-electron chi connectivity index (χ0n) is 16.0. The highest BCUT2D eigenvalue weighted by Gasteiger charge is 2.35. The fourth-order valence-corrected chi connectivity index (χ4v) is 3.92. The van der Waals surface area contributed by atoms with Crippen LogP contribution in [-0.4, -0.2) is 26.5 Å². The average molecular weight is 373 g/mol. The van der Waals surface area contributed by atoms with E-state index in [4.69, 9.17) is 9.47 Å². The first-order valence-electron chi connectivity index (χ1n) is 9.36. The molecule has 28 heavy (non-hydrogen) atoms. The summed E-state index contributed by atoms with van der Waals surface area (Å²) in [5.74, 6) is 1.47. The minimum atomic E-state index is -0.198. The van der Waals surface area contributed by atoms with E-state index in [1.54, 1.807) is 14.2 Å². The minimum absolute atomic E-state index is 0.0158. The number of anilines is 1. The fourth-order valence-electron chi connectivity index (χ4n) is 3.92. The largest absolute Gasteiger partial charge is 0.497 e. The number of ketones is 1. The third-order valence-corrected chi connectivity index (χ3v) is 5.40. The van der Waals surface area contributed by atoms with E-state index in [1.165, 1.54) is 0 Å². The monoisotopic (exact) mass is 373 g/mol. The molecule has 4 heteroatoms. The van der Waals surface area contributed by atoms with Crippen LogP contribution in [0.1, 0.15) is 27.4 Å². The van der Waals surface area contributed by atoms with Gasteiger partial charge in [-0.15, -0.1) is 0 Å². The second kappa shape index (κ2) is 7.77. The van der Waals surface area contributed by atoms with Crippen molar-refractivity contribution in [3.63, 3.8) is 0 Å². The molecule has 1 aliphatic heterocycles. The second-order valence-corrected chi connectivity index (χ2v) is 6.92. The van der Waals surface area contributed by atoms with Gasteiger partial charge in [0.15, 0.2) is 5.78 Å². The van der Waals surface area contributed by atoms with E-state index in [9.17, 15) is 4.79 Å². The summed E-state index contributed by atoms with van der Waals surface area (Å²) in [5, 5.41) is 3.44. The van der Waals surface area contributed by atoms with Crippen LogP contribution < -0.4 is 14.8 Å². The number of hydrogen-bond donors (Lipinski definition) is 1. The molecule has 0 bridgehead atoms. The van der Waals surface area contributed by atoms with E-state index in [1.807, 2.05) is 48.5 Å². The molecule has 1 heterocycles. The molecule has 0 aromatic heterocycles. The first-order chi connectivity index (χ1) is 13.7. The van der Waals surface area contributed by atoms with Gasteiger partial charge in [-0.3, -0.25) is 4.79 Å². The summed E-state index contributed by atoms with van der Waals surface area (Å²) in [6.07, 6.45) is 0. The van der Waals surface area contributed by atoms with E-state index >= 15 is 0 Å². The van der Waals surface area contributed by atoms with Crippen LogP contribution >= 0.6 is 0 Å². The number of rotatable bonds is 5. The third-order valence-electron chi connectivity index (χ3n) is 5.40. The Morgan fingerprint density at radius 3 is 2.11 bits per heavy atom. The van der Waals surface area contributed by atoms with E-state index in [-0.39, 0.29) is 17.6 Å². The summed E-state index contributed by atoms with van der Waals surface area (Å²) in [4.78, 5) is 13.4. The Bertz CT molecular complexity index is 964. The van der Waals surface area contributed by atoms with Gasteiger partial charge in [0, 0.05) is 23.7 Å². The maximum atomic E-state index is 13.4. The Labute approximate surface area is 165 Å². The SMILES string of the molecule is COc1ccc(C(=O)[C@H]2CNc3ccccc3[C@@H]2c2ccc(OC)cc2)cc1. The van der Waals surface area contributed by atoms with Crippen molar-refractivity contribution in [1.82, 2.24) is 0 Å². The number of carbonyl (C=O) groups is 1. The summed E-state index contributed by atoms with van der Waals surface area (Å²) in [7, 11) is 3.28. The highest BCUT2D eigenvalue weighted by Crippen LogP contribution is 2.41. The number of carbonyl (C=O) groups excluding carboxylic acids is 1. The van der Waals surface area contributed by atoms with E-state index in [2.05, 4.69) is 29.6 Å². The van der Waals surface area contributed by atoms with Crippen molar-refractivity contribution in [1.29, 1.82) is 0 Å². The van der Waals surface area contributed by atoms with E-state index in [0.717, 1.165) is 28.3 Å². The number of benzene rings is 3. The van der Waals surface area contributed by atoms with Gasteiger partial charge in [0.05, 0.1) is 20.1 Å². The number of fused-ring (bicyclic) bond motifs is 1. The normalized spacial score (nSPS) is 17.9. The highest BCUT2D eigenvalue weighted by molar-refractivity contribution is 5.99. The second-order valence-electron chi connectivity index (χ2n) is 6.92. The molecule has 0 fully saturated rings. The zero-order valence-corrected chi connectivity index (χ0v) is 16.0. The predicted molar refractivity (Wildman–Crippen MR) is 111 cm³/mol. The van der Waals surface area contributed by atoms with Gasteiger partial charge in [0.1, 0.15) is 11.5 Å². The van der Waals surface area contributed by atoms with Gasteiger partial charge in [-0.05, 0) is 53.6 Å². The number of nitrogens with one attached hydrogen (secondary N) is 1. The lowest BCUT2D eigenvalue weighted by Gasteiger charge is -2.34. The first-order valence-corrected chi connectivity index (χ1v) is 9.36. The minimum Gasteiger partial charge on any atom is -0.497 e. The maximum absolute atomic E-state index is 13.4. The zero-order chi connectivity index (χ0) is 19.5. The summed E-state index contributed by atoms with van der Waals surface area (Å²) in [6, 6.07) is 23.6. The van der Waals surface area contributed by atoms with Crippen molar-refractivity contribution >= 4 is 11.5 Å². The summed E-state index contributed by atoms with van der Waals surface area (Å²) in [6.45, 7) is 0.596. The molecule has 0 aliphatic carbocycles. The lowest BCUT2D eigenvalue weighted by molar-refractivity contribution is 0.0913. The molecule has 142 valence electrons. The third kappa shape index (κ3) is 3.33. The molecule has 2 atom stereocenters. The van der Waals surface area contributed by atoms with Gasteiger partial charge in [-0.2, -0.15) is 0 Å². The number of Topliss-reactive ketones (excluding diaryl/α,β-unsaturated/α-hetero) is 1. The molecule has 3 aromatic rings. The smallest absolute Gasteiger partial charge is 0.168 e. The summed E-state index contributed by atoms with van der Waals surface area (Å²) in [5.41, 5.74) is 4.04. The lowest BCUT2D eigenvalue weighted by Crippen LogP contribution is -2.34. The van der Waals surface area contributed by atoms with Gasteiger partial charge in [-0.25, -0.2) is 0 Å². The van der Waals surface area contributed by atoms with E-state index < -0.39 is 0 Å². The number of ether oxygens (including phenoxy) is 2. The molecule has 0 saturated carbocycles. The number of para-hydroxylation sites is 1. The average Bonchev–Trinajstić information content (AvgIpc) is 2.78. The number of hydrogen-bond acceptors (Lipinski definition) is 4. The quantitative estimate of drug-likeness (QED) is 0.655. The van der Waals surface area contributed by atoms with Gasteiger partial charge in [0.25, 0.3) is 0 Å². The molecule has 1 N–H and O–H groups in total. The molecule has 0 radical (unpaired) electrons. The molecule has 0 spiro atoms. The van der Waals surface area contributed by atoms with Crippen LogP contribution in [0.4, 0.5) is 5.69 Å². The first kappa shape index (κ1) is 18.1. The van der Waals surface area contributed by atoms with Crippen LogP contribution in [0.25, 0.3) is 0 Å². The van der Waals surface area contributed by atoms with Crippen molar-refractivity contribution < 1.29 is 14.3 Å². The predicted octanol–water partition coefficient (Wildman–Crippen LogP) is 4.76. The molecular weight excluding hydrogens is 350 g/mol. The molecular formula is C24H23NO3. The standard InChI is InChI=1S/C24H23NO3/c1-27-18-11-7-16(8-12-18)23-20-5-3-4-6-22(20)25-15-21(23)24(26)17-9-13-19(28-2)14-10-17/h3-14,21,23,25H,15H2,1-2H3/t21-,23-/m0/s1. The summed E-state index contributed by atoms with van der Waals surface area (Å²) < 4.78 is 10.5. The van der Waals surface area contributed by atoms with Gasteiger partial charge >= 0.3 is 0 Å². The van der Waals surface area contributed by atoms with Crippen molar-refractivity contribution in [2.75, 3.05) is 26.1 Å². The summed E-state index contributed by atoms with van der Waals surface area (Å²) >= 11 is 0. The fraction of sp³-hybridized carbons (Fsp3) is 0.208. The molecule has 4 rings (SSSR count). The van der Waals surface area contributed by atoms with Crippen molar-refractivity contribution in [2.45, 2.75) is 5.92 Å². The van der Waals surface area contributed by atoms with Gasteiger partial charge < -0.3 is 14.8 Å². The highest BCUT2D eigenvalue weighted by atomic mass is 16.5. The molecule has 0 unspecified atom stereocenters. The van der Waals surface area contributed by atoms with Crippen molar-refractivity contribution in [3.05, 3.63) is 89.5 Å². The molecule has 1 aliphatic rings. The van der Waals surface area contributed by atoms with E-state index in [0.29, 0.717) is 12.1 Å². The Balaban J connectivity index is 1.74. The molecule has 4 nitrogen and oxygen atoms in total. The topological polar surface area (TPSA) is 47.6 Å². The molecule has 3 aromatic carbocycles. The maximum Gasteiger partial charge on any atom is 0.168 e. The Kier molecular flexibility index (Phi) is 5.02. The van der Waals surface area contributed by atoms with Crippen LogP contribution in [0.2, 0.25) is 0 Å². The van der Waals surface area contributed by atoms with Crippen LogP contribution in [0.15, 0.2) is 72.8 Å². The van der Waals surface area contributed by atoms with Gasteiger partial charge in [0.2, 0.25) is 0 Å². The molecule has 0 amide bonds. The molecule has 0 saturated heterocycles. The van der Waals surface area contributed by atoms with Crippen molar-refractivity contribution in [3.8, 4) is 11.5 Å². The van der Waals surface area contributed by atoms with Crippen LogP contribution in [0, 0.1) is 5.92 Å². The van der Waals surface area contributed by atoms with Gasteiger partial charge in [-0.1, -0.05) is 30.3 Å².